The first-order valence-corrected chi connectivity index (χ1v) is 3.23. The minimum atomic E-state index is -0.347. The van der Waals surface area contributed by atoms with Crippen molar-refractivity contribution in [1.29, 1.82) is 0 Å². The molecule has 3 rings (SSSR count). The Labute approximate surface area is 49.8 Å². The van der Waals surface area contributed by atoms with Gasteiger partial charge in [-0.05, 0) is 0 Å². The molecule has 0 spiro atoms. The van der Waals surface area contributed by atoms with Gasteiger partial charge in [0, 0.05) is 0 Å². The first-order valence-electron chi connectivity index (χ1n) is 2.28. The zero-order chi connectivity index (χ0) is 5.72. The lowest BCUT2D eigenvalue weighted by Gasteiger charge is -2.15. The molecule has 0 aliphatic carbocycles. The number of carbonyl (C=O) groups is 2. The Bertz CT molecular complexity index is 171. The molecule has 3 aliphatic heterocycles. The second-order valence-electron chi connectivity index (χ2n) is 1.81. The van der Waals surface area contributed by atoms with Gasteiger partial charge in [0.05, 0.1) is 0 Å². The highest BCUT2D eigenvalue weighted by atomic mass is 32.2. The Hall–Kier alpha value is -0.510. The van der Waals surface area contributed by atoms with Crippen molar-refractivity contribution in [3.63, 3.8) is 0 Å². The number of Topliss-reactive ketones (excluding diaryl/α,β-unsaturated/α-hetero) is 1. The molecule has 3 saturated heterocycles. The van der Waals surface area contributed by atoms with Crippen molar-refractivity contribution in [3.8, 4) is 0 Å². The van der Waals surface area contributed by atoms with Gasteiger partial charge in [0.25, 0.3) is 0 Å². The molecular weight excluding hydrogens is 126 g/mol. The highest BCUT2D eigenvalue weighted by Gasteiger charge is 2.53. The normalized spacial score (nSPS) is 41.5. The summed E-state index contributed by atoms with van der Waals surface area (Å²) in [5, 5.41) is 1.98. The highest BCUT2D eigenvalue weighted by Crippen LogP contribution is 2.36. The molecule has 0 aromatic heterocycles. The number of hydrogen-bond acceptors (Lipinski definition) is 3. The molecule has 8 heavy (non-hydrogen) atoms. The van der Waals surface area contributed by atoms with Crippen LogP contribution in [-0.4, -0.2) is 22.3 Å². The zero-order valence-electron chi connectivity index (χ0n) is 3.88. The van der Waals surface area contributed by atoms with Crippen LogP contribution in [0.2, 0.25) is 0 Å². The number of thioether (sulfide) groups is 1. The minimum absolute atomic E-state index is 0.0556. The fourth-order valence-corrected chi connectivity index (χ4v) is 1.80. The SMILES string of the molecule is O=C1NC2SC1C2=O. The zero-order valence-corrected chi connectivity index (χ0v) is 4.70. The third-order valence-corrected chi connectivity index (χ3v) is 2.64. The summed E-state index contributed by atoms with van der Waals surface area (Å²) < 4.78 is 0. The smallest absolute Gasteiger partial charge is 0.242 e. The molecule has 1 amide bonds. The largest absolute Gasteiger partial charge is 0.336 e. The Kier molecular flexibility index (Phi) is 0.588. The van der Waals surface area contributed by atoms with Crippen LogP contribution < -0.4 is 5.32 Å². The van der Waals surface area contributed by atoms with Gasteiger partial charge in [-0.2, -0.15) is 0 Å². The molecule has 0 radical (unpaired) electrons. The molecular formula is C4H3NO2S. The molecule has 3 heterocycles. The second-order valence-corrected chi connectivity index (χ2v) is 3.02. The van der Waals surface area contributed by atoms with Gasteiger partial charge in [-0.15, -0.1) is 11.8 Å². The van der Waals surface area contributed by atoms with E-state index in [0.29, 0.717) is 0 Å². The fourth-order valence-electron chi connectivity index (χ4n) is 0.836. The number of hydrogen-bond donors (Lipinski definition) is 1. The van der Waals surface area contributed by atoms with E-state index in [2.05, 4.69) is 5.32 Å². The summed E-state index contributed by atoms with van der Waals surface area (Å²) >= 11 is 1.40. The summed E-state index contributed by atoms with van der Waals surface area (Å²) in [5.74, 6) is -0.0509. The molecule has 4 heteroatoms. The van der Waals surface area contributed by atoms with Crippen LogP contribution in [0, 0.1) is 0 Å². The lowest BCUT2D eigenvalue weighted by Crippen LogP contribution is -2.34. The fraction of sp³-hybridized carbons (Fsp3) is 0.500. The molecule has 3 aliphatic rings. The van der Waals surface area contributed by atoms with Gasteiger partial charge >= 0.3 is 0 Å². The molecule has 42 valence electrons. The number of amides is 1. The van der Waals surface area contributed by atoms with E-state index in [-0.39, 0.29) is 22.3 Å². The topological polar surface area (TPSA) is 46.2 Å². The Morgan fingerprint density at radius 1 is 1.50 bits per heavy atom. The van der Waals surface area contributed by atoms with Crippen LogP contribution in [0.25, 0.3) is 0 Å². The maximum Gasteiger partial charge on any atom is 0.242 e. The van der Waals surface area contributed by atoms with Crippen molar-refractivity contribution < 1.29 is 9.59 Å². The van der Waals surface area contributed by atoms with E-state index in [1.807, 2.05) is 0 Å². The Balaban J connectivity index is 2.36. The van der Waals surface area contributed by atoms with E-state index >= 15 is 0 Å². The van der Waals surface area contributed by atoms with Crippen molar-refractivity contribution in [3.05, 3.63) is 0 Å². The van der Waals surface area contributed by atoms with Gasteiger partial charge in [0.15, 0.2) is 5.78 Å². The Morgan fingerprint density at radius 2 is 2.25 bits per heavy atom. The summed E-state index contributed by atoms with van der Waals surface area (Å²) in [5.41, 5.74) is 0. The minimum Gasteiger partial charge on any atom is -0.336 e. The summed E-state index contributed by atoms with van der Waals surface area (Å²) in [6.07, 6.45) is 0. The molecule has 3 fully saturated rings. The molecule has 0 saturated carbocycles. The summed E-state index contributed by atoms with van der Waals surface area (Å²) in [6, 6.07) is 0. The van der Waals surface area contributed by atoms with Gasteiger partial charge in [-0.1, -0.05) is 0 Å². The molecule has 0 aromatic carbocycles. The quantitative estimate of drug-likeness (QED) is 0.432. The van der Waals surface area contributed by atoms with Gasteiger partial charge in [-0.25, -0.2) is 0 Å². The number of rotatable bonds is 0. The first kappa shape index (κ1) is 4.38. The lowest BCUT2D eigenvalue weighted by molar-refractivity contribution is -0.121. The van der Waals surface area contributed by atoms with Crippen molar-refractivity contribution in [2.24, 2.45) is 0 Å². The standard InChI is InChI=1S/C4H3NO2S/c6-1-2-3(7)5-4(1)8-2/h2,4H,(H,5,7). The summed E-state index contributed by atoms with van der Waals surface area (Å²) in [4.78, 5) is 21.0. The van der Waals surface area contributed by atoms with E-state index in [1.54, 1.807) is 0 Å². The molecule has 2 unspecified atom stereocenters. The van der Waals surface area contributed by atoms with E-state index < -0.39 is 0 Å². The molecule has 1 N–H and O–H groups in total. The van der Waals surface area contributed by atoms with Gasteiger partial charge < -0.3 is 5.32 Å². The van der Waals surface area contributed by atoms with Crippen molar-refractivity contribution in [1.82, 2.24) is 5.32 Å². The van der Waals surface area contributed by atoms with E-state index in [0.717, 1.165) is 0 Å². The number of nitrogens with one attached hydrogen (secondary N) is 1. The number of carbonyl (C=O) groups excluding carboxylic acids is 2. The predicted octanol–water partition coefficient (Wildman–Crippen LogP) is -0.873. The van der Waals surface area contributed by atoms with Crippen LogP contribution in [0.15, 0.2) is 0 Å². The maximum atomic E-state index is 10.5. The Morgan fingerprint density at radius 3 is 2.38 bits per heavy atom. The monoisotopic (exact) mass is 129 g/mol. The predicted molar refractivity (Wildman–Crippen MR) is 28.3 cm³/mol. The van der Waals surface area contributed by atoms with Crippen molar-refractivity contribution in [2.45, 2.75) is 10.6 Å². The van der Waals surface area contributed by atoms with Gasteiger partial charge in [-0.3, -0.25) is 9.59 Å². The van der Waals surface area contributed by atoms with Crippen LogP contribution in [0.4, 0.5) is 0 Å². The first-order chi connectivity index (χ1) is 3.79. The second kappa shape index (κ2) is 1.07. The van der Waals surface area contributed by atoms with Crippen LogP contribution in [0.1, 0.15) is 0 Å². The summed E-state index contributed by atoms with van der Waals surface area (Å²) in [6.45, 7) is 0. The van der Waals surface area contributed by atoms with Gasteiger partial charge in [0.1, 0.15) is 10.6 Å². The maximum absolute atomic E-state index is 10.5. The molecule has 3 nitrogen and oxygen atoms in total. The average Bonchev–Trinajstić information content (AvgIpc) is 2.19. The van der Waals surface area contributed by atoms with Crippen molar-refractivity contribution >= 4 is 23.5 Å². The third kappa shape index (κ3) is 0.291. The third-order valence-electron chi connectivity index (χ3n) is 1.30. The molecule has 2 bridgehead atoms. The highest BCUT2D eigenvalue weighted by molar-refractivity contribution is 8.05. The number of ketones is 1. The van der Waals surface area contributed by atoms with Crippen LogP contribution in [0.3, 0.4) is 0 Å². The van der Waals surface area contributed by atoms with Crippen LogP contribution in [0.5, 0.6) is 0 Å². The van der Waals surface area contributed by atoms with Gasteiger partial charge in [0.2, 0.25) is 5.91 Å². The lowest BCUT2D eigenvalue weighted by atomic mass is 10.3. The van der Waals surface area contributed by atoms with E-state index in [4.69, 9.17) is 0 Å². The van der Waals surface area contributed by atoms with E-state index in [9.17, 15) is 9.59 Å². The van der Waals surface area contributed by atoms with Crippen molar-refractivity contribution in [2.75, 3.05) is 0 Å². The molecule has 0 aromatic rings. The average molecular weight is 129 g/mol. The summed E-state index contributed by atoms with van der Waals surface area (Å²) in [7, 11) is 0. The molecule has 2 atom stereocenters. The van der Waals surface area contributed by atoms with E-state index in [1.165, 1.54) is 11.8 Å². The van der Waals surface area contributed by atoms with Crippen LogP contribution >= 0.6 is 11.8 Å². The number of fused-ring (bicyclic) bond motifs is 1. The van der Waals surface area contributed by atoms with Crippen LogP contribution in [-0.2, 0) is 9.59 Å².